The molecule has 8 heteroatoms. The van der Waals surface area contributed by atoms with Gasteiger partial charge in [-0.05, 0) is 25.0 Å². The van der Waals surface area contributed by atoms with E-state index in [0.29, 0.717) is 25.6 Å². The third kappa shape index (κ3) is 9.21. The Kier molecular flexibility index (Phi) is 12.5. The van der Waals surface area contributed by atoms with Gasteiger partial charge in [0.05, 0.1) is 25.5 Å². The highest BCUT2D eigenvalue weighted by Gasteiger charge is 2.06. The van der Waals surface area contributed by atoms with Crippen molar-refractivity contribution in [3.05, 3.63) is 42.3 Å². The van der Waals surface area contributed by atoms with Crippen molar-refractivity contribution in [3.8, 4) is 11.5 Å². The quantitative estimate of drug-likeness (QED) is 0.219. The SMILES string of the molecule is CN=C(NCCCCOCCOC)NCc1coc(-c2ccccc2)n1.I. The maximum absolute atomic E-state index is 5.54. The molecule has 0 amide bonds. The summed E-state index contributed by atoms with van der Waals surface area (Å²) >= 11 is 0. The Morgan fingerprint density at radius 1 is 1.11 bits per heavy atom. The van der Waals surface area contributed by atoms with Crippen molar-refractivity contribution < 1.29 is 13.9 Å². The van der Waals surface area contributed by atoms with Crippen LogP contribution >= 0.6 is 24.0 Å². The number of hydrogen-bond acceptors (Lipinski definition) is 5. The Balaban J connectivity index is 0.00000364. The van der Waals surface area contributed by atoms with E-state index < -0.39 is 0 Å². The second kappa shape index (κ2) is 14.4. The summed E-state index contributed by atoms with van der Waals surface area (Å²) in [4.78, 5) is 8.71. The Hall–Kier alpha value is -1.65. The zero-order valence-electron chi connectivity index (χ0n) is 15.9. The Labute approximate surface area is 178 Å². The molecule has 1 aromatic heterocycles. The first kappa shape index (κ1) is 23.4. The Morgan fingerprint density at radius 3 is 2.67 bits per heavy atom. The number of guanidine groups is 1. The number of benzene rings is 1. The van der Waals surface area contributed by atoms with Crippen LogP contribution in [-0.4, -0.2) is 51.5 Å². The van der Waals surface area contributed by atoms with E-state index in [4.69, 9.17) is 13.9 Å². The second-order valence-electron chi connectivity index (χ2n) is 5.67. The molecular weight excluding hydrogens is 459 g/mol. The van der Waals surface area contributed by atoms with E-state index in [1.165, 1.54) is 0 Å². The number of halogens is 1. The minimum atomic E-state index is 0. The van der Waals surface area contributed by atoms with Gasteiger partial charge in [0.1, 0.15) is 6.26 Å². The fraction of sp³-hybridized carbons (Fsp3) is 0.474. The molecule has 0 aliphatic heterocycles. The van der Waals surface area contributed by atoms with Crippen molar-refractivity contribution >= 4 is 29.9 Å². The summed E-state index contributed by atoms with van der Waals surface area (Å²) in [6, 6.07) is 9.85. The molecule has 0 spiro atoms. The van der Waals surface area contributed by atoms with Crippen LogP contribution in [0.15, 0.2) is 46.0 Å². The molecule has 0 radical (unpaired) electrons. The summed E-state index contributed by atoms with van der Waals surface area (Å²) in [5, 5.41) is 6.52. The van der Waals surface area contributed by atoms with E-state index in [9.17, 15) is 0 Å². The Bertz CT molecular complexity index is 649. The van der Waals surface area contributed by atoms with E-state index in [2.05, 4.69) is 20.6 Å². The molecule has 0 unspecified atom stereocenters. The number of nitrogens with one attached hydrogen (secondary N) is 2. The number of nitrogens with zero attached hydrogens (tertiary/aromatic N) is 2. The number of aliphatic imine (C=N–C) groups is 1. The molecule has 0 atom stereocenters. The highest BCUT2D eigenvalue weighted by molar-refractivity contribution is 14.0. The van der Waals surface area contributed by atoms with Gasteiger partial charge in [0.15, 0.2) is 5.96 Å². The van der Waals surface area contributed by atoms with Gasteiger partial charge in [0.25, 0.3) is 0 Å². The maximum Gasteiger partial charge on any atom is 0.226 e. The molecule has 1 heterocycles. The Morgan fingerprint density at radius 2 is 1.93 bits per heavy atom. The van der Waals surface area contributed by atoms with Gasteiger partial charge >= 0.3 is 0 Å². The van der Waals surface area contributed by atoms with Gasteiger partial charge in [0, 0.05) is 32.9 Å². The zero-order chi connectivity index (χ0) is 18.5. The predicted molar refractivity (Wildman–Crippen MR) is 117 cm³/mol. The van der Waals surface area contributed by atoms with Crippen LogP contribution in [0.1, 0.15) is 18.5 Å². The topological polar surface area (TPSA) is 80.9 Å². The van der Waals surface area contributed by atoms with Crippen LogP contribution in [0.4, 0.5) is 0 Å². The van der Waals surface area contributed by atoms with Crippen molar-refractivity contribution in [3.63, 3.8) is 0 Å². The monoisotopic (exact) mass is 488 g/mol. The van der Waals surface area contributed by atoms with Crippen LogP contribution < -0.4 is 10.6 Å². The van der Waals surface area contributed by atoms with Crippen LogP contribution in [-0.2, 0) is 16.0 Å². The highest BCUT2D eigenvalue weighted by atomic mass is 127. The van der Waals surface area contributed by atoms with E-state index in [1.54, 1.807) is 20.4 Å². The van der Waals surface area contributed by atoms with Crippen LogP contribution in [0.2, 0.25) is 0 Å². The van der Waals surface area contributed by atoms with E-state index in [-0.39, 0.29) is 24.0 Å². The first-order valence-electron chi connectivity index (χ1n) is 8.84. The molecule has 0 aliphatic carbocycles. The fourth-order valence-corrected chi connectivity index (χ4v) is 2.28. The molecule has 150 valence electrons. The maximum atomic E-state index is 5.54. The number of hydrogen-bond donors (Lipinski definition) is 2. The molecule has 7 nitrogen and oxygen atoms in total. The number of unbranched alkanes of at least 4 members (excludes halogenated alkanes) is 1. The van der Waals surface area contributed by atoms with Crippen LogP contribution in [0.25, 0.3) is 11.5 Å². The molecule has 0 saturated heterocycles. The lowest BCUT2D eigenvalue weighted by atomic mass is 10.2. The van der Waals surface area contributed by atoms with Gasteiger partial charge in [-0.2, -0.15) is 0 Å². The summed E-state index contributed by atoms with van der Waals surface area (Å²) in [5.74, 6) is 1.37. The summed E-state index contributed by atoms with van der Waals surface area (Å²) in [5.41, 5.74) is 1.80. The third-order valence-electron chi connectivity index (χ3n) is 3.67. The van der Waals surface area contributed by atoms with Crippen molar-refractivity contribution in [2.75, 3.05) is 40.5 Å². The second-order valence-corrected chi connectivity index (χ2v) is 5.67. The van der Waals surface area contributed by atoms with Gasteiger partial charge in [-0.1, -0.05) is 18.2 Å². The minimum Gasteiger partial charge on any atom is -0.444 e. The lowest BCUT2D eigenvalue weighted by molar-refractivity contribution is 0.0689. The molecule has 2 rings (SSSR count). The molecule has 0 bridgehead atoms. The minimum absolute atomic E-state index is 0. The van der Waals surface area contributed by atoms with Crippen molar-refractivity contribution in [2.24, 2.45) is 4.99 Å². The van der Waals surface area contributed by atoms with Gasteiger partial charge in [-0.3, -0.25) is 4.99 Å². The summed E-state index contributed by atoms with van der Waals surface area (Å²) in [7, 11) is 3.43. The number of methoxy groups -OCH3 is 1. The molecular formula is C19H29IN4O3. The van der Waals surface area contributed by atoms with E-state index in [0.717, 1.165) is 43.2 Å². The molecule has 0 aliphatic rings. The fourth-order valence-electron chi connectivity index (χ4n) is 2.28. The summed E-state index contributed by atoms with van der Waals surface area (Å²) < 4.78 is 15.9. The van der Waals surface area contributed by atoms with Gasteiger partial charge < -0.3 is 24.5 Å². The van der Waals surface area contributed by atoms with Crippen molar-refractivity contribution in [1.29, 1.82) is 0 Å². The molecule has 2 aromatic rings. The molecule has 27 heavy (non-hydrogen) atoms. The van der Waals surface area contributed by atoms with Crippen molar-refractivity contribution in [1.82, 2.24) is 15.6 Å². The van der Waals surface area contributed by atoms with E-state index in [1.807, 2.05) is 30.3 Å². The van der Waals surface area contributed by atoms with Gasteiger partial charge in [-0.15, -0.1) is 24.0 Å². The third-order valence-corrected chi connectivity index (χ3v) is 3.67. The highest BCUT2D eigenvalue weighted by Crippen LogP contribution is 2.17. The van der Waals surface area contributed by atoms with E-state index >= 15 is 0 Å². The number of aromatic nitrogens is 1. The molecule has 0 saturated carbocycles. The smallest absolute Gasteiger partial charge is 0.226 e. The number of ether oxygens (including phenoxy) is 2. The standard InChI is InChI=1S/C19H28N4O3.HI/c1-20-19(21-10-6-7-11-25-13-12-24-2)22-14-17-15-26-18(23-17)16-8-4-3-5-9-16;/h3-5,8-9,15H,6-7,10-14H2,1-2H3,(H2,20,21,22);1H. The zero-order valence-corrected chi connectivity index (χ0v) is 18.3. The lowest BCUT2D eigenvalue weighted by Crippen LogP contribution is -2.37. The first-order valence-corrected chi connectivity index (χ1v) is 8.84. The van der Waals surface area contributed by atoms with Crippen LogP contribution in [0, 0.1) is 0 Å². The average molecular weight is 488 g/mol. The number of oxazole rings is 1. The lowest BCUT2D eigenvalue weighted by Gasteiger charge is -2.10. The van der Waals surface area contributed by atoms with Crippen LogP contribution in [0.5, 0.6) is 0 Å². The average Bonchev–Trinajstić information content (AvgIpc) is 3.16. The normalized spacial score (nSPS) is 11.1. The molecule has 0 fully saturated rings. The van der Waals surface area contributed by atoms with Crippen molar-refractivity contribution in [2.45, 2.75) is 19.4 Å². The molecule has 1 aromatic carbocycles. The van der Waals surface area contributed by atoms with Gasteiger partial charge in [0.2, 0.25) is 5.89 Å². The predicted octanol–water partition coefficient (Wildman–Crippen LogP) is 3.07. The largest absolute Gasteiger partial charge is 0.444 e. The first-order chi connectivity index (χ1) is 12.8. The number of rotatable bonds is 11. The van der Waals surface area contributed by atoms with Gasteiger partial charge in [-0.25, -0.2) is 4.98 Å². The molecule has 2 N–H and O–H groups in total. The summed E-state index contributed by atoms with van der Waals surface area (Å²) in [6.45, 7) is 3.43. The van der Waals surface area contributed by atoms with Crippen LogP contribution in [0.3, 0.4) is 0 Å². The summed E-state index contributed by atoms with van der Waals surface area (Å²) in [6.07, 6.45) is 3.67.